The van der Waals surface area contributed by atoms with E-state index in [-0.39, 0.29) is 5.41 Å². The van der Waals surface area contributed by atoms with Crippen LogP contribution in [0.25, 0.3) is 0 Å². The first-order valence-electron chi connectivity index (χ1n) is 18.8. The van der Waals surface area contributed by atoms with Gasteiger partial charge in [-0.15, -0.1) is 0 Å². The van der Waals surface area contributed by atoms with E-state index in [2.05, 4.69) is 50.2 Å². The molecule has 0 aromatic heterocycles. The van der Waals surface area contributed by atoms with Gasteiger partial charge in [0, 0.05) is 16.8 Å². The second-order valence-corrected chi connectivity index (χ2v) is 15.1. The molecule has 4 heteroatoms. The van der Waals surface area contributed by atoms with Gasteiger partial charge in [-0.3, -0.25) is 0 Å². The zero-order chi connectivity index (χ0) is 33.1. The molecule has 0 radical (unpaired) electrons. The molecule has 0 aliphatic heterocycles. The summed E-state index contributed by atoms with van der Waals surface area (Å²) in [6, 6.07) is 26.4. The van der Waals surface area contributed by atoms with Crippen LogP contribution in [0, 0.1) is 13.8 Å². The molecule has 3 aliphatic rings. The third-order valence-electron chi connectivity index (χ3n) is 11.8. The van der Waals surface area contributed by atoms with Gasteiger partial charge in [0.1, 0.15) is 23.0 Å². The van der Waals surface area contributed by atoms with Crippen LogP contribution >= 0.6 is 0 Å². The van der Waals surface area contributed by atoms with Crippen LogP contribution in [0.4, 0.5) is 11.4 Å². The van der Waals surface area contributed by atoms with Crippen LogP contribution in [0.5, 0.6) is 23.0 Å². The molecule has 0 spiro atoms. The van der Waals surface area contributed by atoms with Crippen molar-refractivity contribution < 1.29 is 9.47 Å². The fourth-order valence-corrected chi connectivity index (χ4v) is 9.05. The van der Waals surface area contributed by atoms with Gasteiger partial charge in [0.2, 0.25) is 0 Å². The molecule has 3 saturated carbocycles. The fourth-order valence-electron chi connectivity index (χ4n) is 9.05. The van der Waals surface area contributed by atoms with Crippen molar-refractivity contribution in [3.05, 3.63) is 106 Å². The van der Waals surface area contributed by atoms with Crippen LogP contribution in [-0.2, 0) is 5.41 Å². The Morgan fingerprint density at radius 2 is 0.875 bits per heavy atom. The summed E-state index contributed by atoms with van der Waals surface area (Å²) in [5, 5.41) is 0. The Hall–Kier alpha value is -3.92. The van der Waals surface area contributed by atoms with Crippen molar-refractivity contribution in [1.29, 1.82) is 0 Å². The first kappa shape index (κ1) is 32.6. The van der Waals surface area contributed by atoms with E-state index in [1.165, 1.54) is 119 Å². The average Bonchev–Trinajstić information content (AvgIpc) is 3.12. The molecule has 0 amide bonds. The van der Waals surface area contributed by atoms with Crippen LogP contribution < -0.4 is 20.9 Å². The standard InChI is InChI=1S/C44H54N2O2/c1-30-26-36(45)18-22-40(30)47-42-20-16-34(28-38(42)32-12-6-3-7-13-32)44(24-10-5-11-25-44)35-17-21-43(39(29-35)33-14-8-4-9-15-33)48-41-23-19-37(46)27-31(41)2/h16-23,26-29,32-33H,3-15,24-25,45-46H2,1-2H3. The van der Waals surface area contributed by atoms with E-state index in [0.29, 0.717) is 11.8 Å². The molecule has 0 atom stereocenters. The van der Waals surface area contributed by atoms with Gasteiger partial charge >= 0.3 is 0 Å². The average molecular weight is 643 g/mol. The Labute approximate surface area is 288 Å². The van der Waals surface area contributed by atoms with Crippen molar-refractivity contribution in [3.8, 4) is 23.0 Å². The lowest BCUT2D eigenvalue weighted by Crippen LogP contribution is -2.31. The van der Waals surface area contributed by atoms with Crippen LogP contribution in [0.3, 0.4) is 0 Å². The highest BCUT2D eigenvalue weighted by Gasteiger charge is 2.38. The largest absolute Gasteiger partial charge is 0.457 e. The minimum Gasteiger partial charge on any atom is -0.457 e. The first-order valence-corrected chi connectivity index (χ1v) is 18.8. The van der Waals surface area contributed by atoms with Gasteiger partial charge in [0.15, 0.2) is 0 Å². The van der Waals surface area contributed by atoms with Crippen molar-refractivity contribution in [1.82, 2.24) is 0 Å². The highest BCUT2D eigenvalue weighted by atomic mass is 16.5. The SMILES string of the molecule is Cc1cc(N)ccc1Oc1ccc(C2(c3ccc(Oc4ccc(N)cc4C)c(C4CCCCC4)c3)CCCCC2)cc1C1CCCCC1. The van der Waals surface area contributed by atoms with Crippen molar-refractivity contribution in [2.75, 3.05) is 11.5 Å². The van der Waals surface area contributed by atoms with Gasteiger partial charge in [-0.25, -0.2) is 0 Å². The highest BCUT2D eigenvalue weighted by Crippen LogP contribution is 2.50. The van der Waals surface area contributed by atoms with Crippen molar-refractivity contribution in [2.24, 2.45) is 0 Å². The number of anilines is 2. The molecule has 4 nitrogen and oxygen atoms in total. The van der Waals surface area contributed by atoms with Gasteiger partial charge < -0.3 is 20.9 Å². The Morgan fingerprint density at radius 3 is 1.29 bits per heavy atom. The number of hydrogen-bond donors (Lipinski definition) is 2. The van der Waals surface area contributed by atoms with Gasteiger partial charge in [-0.2, -0.15) is 0 Å². The minimum absolute atomic E-state index is 0.0175. The molecule has 4 aromatic rings. The Morgan fingerprint density at radius 1 is 0.479 bits per heavy atom. The number of benzene rings is 4. The van der Waals surface area contributed by atoms with E-state index in [4.69, 9.17) is 20.9 Å². The van der Waals surface area contributed by atoms with Gasteiger partial charge in [0.25, 0.3) is 0 Å². The molecular formula is C44H54N2O2. The number of rotatable bonds is 8. The molecule has 3 aliphatic carbocycles. The summed E-state index contributed by atoms with van der Waals surface area (Å²) in [6.07, 6.45) is 18.9. The maximum absolute atomic E-state index is 6.74. The van der Waals surface area contributed by atoms with Crippen LogP contribution in [0.2, 0.25) is 0 Å². The van der Waals surface area contributed by atoms with Gasteiger partial charge in [0.05, 0.1) is 0 Å². The molecule has 0 bridgehead atoms. The van der Waals surface area contributed by atoms with Crippen molar-refractivity contribution in [2.45, 2.75) is 127 Å². The predicted octanol–water partition coefficient (Wildman–Crippen LogP) is 12.4. The van der Waals surface area contributed by atoms with E-state index >= 15 is 0 Å². The third-order valence-corrected chi connectivity index (χ3v) is 11.8. The summed E-state index contributed by atoms with van der Waals surface area (Å²) < 4.78 is 13.5. The van der Waals surface area contributed by atoms with Crippen LogP contribution in [0.1, 0.15) is 142 Å². The van der Waals surface area contributed by atoms with E-state index in [1.54, 1.807) is 0 Å². The number of nitrogen functional groups attached to an aromatic ring is 2. The van der Waals surface area contributed by atoms with E-state index < -0.39 is 0 Å². The summed E-state index contributed by atoms with van der Waals surface area (Å²) in [6.45, 7) is 4.17. The Kier molecular flexibility index (Phi) is 9.71. The molecule has 0 heterocycles. The normalized spacial score (nSPS) is 18.8. The zero-order valence-electron chi connectivity index (χ0n) is 29.2. The second-order valence-electron chi connectivity index (χ2n) is 15.1. The van der Waals surface area contributed by atoms with Gasteiger partial charge in [-0.05, 0) is 146 Å². The third kappa shape index (κ3) is 6.81. The van der Waals surface area contributed by atoms with Gasteiger partial charge in [-0.1, -0.05) is 82.1 Å². The zero-order valence-corrected chi connectivity index (χ0v) is 29.2. The molecule has 4 N–H and O–H groups in total. The number of nitrogens with two attached hydrogens (primary N) is 2. The summed E-state index contributed by atoms with van der Waals surface area (Å²) in [7, 11) is 0. The number of ether oxygens (including phenoxy) is 2. The molecule has 3 fully saturated rings. The van der Waals surface area contributed by atoms with E-state index in [1.807, 2.05) is 36.4 Å². The topological polar surface area (TPSA) is 70.5 Å². The molecular weight excluding hydrogens is 588 g/mol. The lowest BCUT2D eigenvalue weighted by molar-refractivity contribution is 0.343. The highest BCUT2D eigenvalue weighted by molar-refractivity contribution is 5.55. The molecule has 7 rings (SSSR count). The van der Waals surface area contributed by atoms with E-state index in [9.17, 15) is 0 Å². The van der Waals surface area contributed by atoms with Crippen molar-refractivity contribution in [3.63, 3.8) is 0 Å². The summed E-state index contributed by atoms with van der Waals surface area (Å²) in [4.78, 5) is 0. The first-order chi connectivity index (χ1) is 23.4. The summed E-state index contributed by atoms with van der Waals surface area (Å²) in [5.74, 6) is 4.86. The quantitative estimate of drug-likeness (QED) is 0.188. The molecule has 48 heavy (non-hydrogen) atoms. The van der Waals surface area contributed by atoms with Crippen LogP contribution in [0.15, 0.2) is 72.8 Å². The Bertz CT molecular complexity index is 1600. The summed E-state index contributed by atoms with van der Waals surface area (Å²) >= 11 is 0. The lowest BCUT2D eigenvalue weighted by Gasteiger charge is -2.40. The van der Waals surface area contributed by atoms with Crippen LogP contribution in [-0.4, -0.2) is 0 Å². The molecule has 4 aromatic carbocycles. The van der Waals surface area contributed by atoms with E-state index in [0.717, 1.165) is 45.5 Å². The number of hydrogen-bond acceptors (Lipinski definition) is 4. The smallest absolute Gasteiger partial charge is 0.130 e. The molecule has 0 unspecified atom stereocenters. The molecule has 0 saturated heterocycles. The minimum atomic E-state index is -0.0175. The summed E-state index contributed by atoms with van der Waals surface area (Å²) in [5.41, 5.74) is 21.6. The Balaban J connectivity index is 1.31. The monoisotopic (exact) mass is 642 g/mol. The number of aryl methyl sites for hydroxylation is 2. The lowest BCUT2D eigenvalue weighted by atomic mass is 9.64. The molecule has 252 valence electrons. The maximum Gasteiger partial charge on any atom is 0.130 e. The second kappa shape index (κ2) is 14.3. The predicted molar refractivity (Wildman–Crippen MR) is 200 cm³/mol. The van der Waals surface area contributed by atoms with Crippen molar-refractivity contribution >= 4 is 11.4 Å². The maximum atomic E-state index is 6.74. The fraction of sp³-hybridized carbons (Fsp3) is 0.455.